The second-order valence-corrected chi connectivity index (χ2v) is 6.56. The Hall–Kier alpha value is -3.16. The highest BCUT2D eigenvalue weighted by Crippen LogP contribution is 2.25. The Balaban J connectivity index is 1.65. The first-order chi connectivity index (χ1) is 12.5. The number of carbonyl (C=O) groups excluding carboxylic acids is 1. The van der Waals surface area contributed by atoms with Crippen LogP contribution in [-0.4, -0.2) is 56.9 Å². The predicted octanol–water partition coefficient (Wildman–Crippen LogP) is 1.58. The van der Waals surface area contributed by atoms with Crippen molar-refractivity contribution in [2.45, 2.75) is 13.8 Å². The van der Waals surface area contributed by atoms with E-state index in [2.05, 4.69) is 19.9 Å². The topological polar surface area (TPSA) is 104 Å². The highest BCUT2D eigenvalue weighted by Gasteiger charge is 2.21. The summed E-state index contributed by atoms with van der Waals surface area (Å²) in [7, 11) is 0. The number of amides is 1. The zero-order valence-corrected chi connectivity index (χ0v) is 14.9. The van der Waals surface area contributed by atoms with Crippen LogP contribution in [0.5, 0.6) is 0 Å². The number of aryl methyl sites for hydroxylation is 1. The molecule has 2 aromatic heterocycles. The van der Waals surface area contributed by atoms with Crippen molar-refractivity contribution in [2.75, 3.05) is 36.8 Å². The van der Waals surface area contributed by atoms with E-state index in [0.717, 1.165) is 35.5 Å². The molecule has 8 heteroatoms. The Labute approximate surface area is 151 Å². The Morgan fingerprint density at radius 3 is 2.69 bits per heavy atom. The number of nitrogens with two attached hydrogens (primary N) is 1. The van der Waals surface area contributed by atoms with E-state index in [4.69, 9.17) is 10.7 Å². The van der Waals surface area contributed by atoms with Gasteiger partial charge in [0, 0.05) is 33.1 Å². The second kappa shape index (κ2) is 6.29. The van der Waals surface area contributed by atoms with Gasteiger partial charge >= 0.3 is 0 Å². The van der Waals surface area contributed by atoms with E-state index >= 15 is 0 Å². The molecule has 0 unspecified atom stereocenters. The molecule has 1 aromatic carbocycles. The zero-order chi connectivity index (χ0) is 18.3. The summed E-state index contributed by atoms with van der Waals surface area (Å²) in [5.41, 5.74) is 9.58. The normalized spacial score (nSPS) is 14.8. The van der Waals surface area contributed by atoms with Gasteiger partial charge in [0.15, 0.2) is 17.3 Å². The summed E-state index contributed by atoms with van der Waals surface area (Å²) < 4.78 is 0. The lowest BCUT2D eigenvalue weighted by atomic mass is 10.2. The molecule has 134 valence electrons. The molecule has 0 atom stereocenters. The standard InChI is InChI=1S/C18H21N7O/c1-11-3-4-13-14(9-11)22-18(21-13)16-17(19)20-10-15(23-16)25-7-5-24(6-8-25)12(2)26/h3-4,9-10H,5-8H2,1-2H3,(H2,19,20)(H,21,22). The molecular weight excluding hydrogens is 330 g/mol. The zero-order valence-electron chi connectivity index (χ0n) is 14.9. The summed E-state index contributed by atoms with van der Waals surface area (Å²) in [6, 6.07) is 6.03. The number of rotatable bonds is 2. The van der Waals surface area contributed by atoms with Gasteiger partial charge in [-0.15, -0.1) is 0 Å². The van der Waals surface area contributed by atoms with Gasteiger partial charge in [-0.2, -0.15) is 0 Å². The molecule has 3 aromatic rings. The van der Waals surface area contributed by atoms with Crippen molar-refractivity contribution in [1.82, 2.24) is 24.8 Å². The number of nitrogens with zero attached hydrogens (tertiary/aromatic N) is 5. The fourth-order valence-electron chi connectivity index (χ4n) is 3.20. The number of fused-ring (bicyclic) bond motifs is 1. The van der Waals surface area contributed by atoms with Crippen LogP contribution in [0.4, 0.5) is 11.6 Å². The molecule has 1 amide bonds. The molecular formula is C18H21N7O. The number of nitrogen functional groups attached to an aromatic ring is 1. The average Bonchev–Trinajstić information content (AvgIpc) is 3.05. The quantitative estimate of drug-likeness (QED) is 0.726. The van der Waals surface area contributed by atoms with Crippen molar-refractivity contribution in [1.29, 1.82) is 0 Å². The Morgan fingerprint density at radius 1 is 1.19 bits per heavy atom. The van der Waals surface area contributed by atoms with Gasteiger partial charge < -0.3 is 20.5 Å². The lowest BCUT2D eigenvalue weighted by Gasteiger charge is -2.34. The minimum absolute atomic E-state index is 0.103. The van der Waals surface area contributed by atoms with Crippen LogP contribution in [0.3, 0.4) is 0 Å². The summed E-state index contributed by atoms with van der Waals surface area (Å²) in [6.45, 7) is 6.44. The van der Waals surface area contributed by atoms with Gasteiger partial charge in [-0.1, -0.05) is 6.07 Å². The number of H-pyrrole nitrogens is 1. The maximum absolute atomic E-state index is 11.5. The number of anilines is 2. The van der Waals surface area contributed by atoms with Crippen LogP contribution in [0.1, 0.15) is 12.5 Å². The smallest absolute Gasteiger partial charge is 0.219 e. The second-order valence-electron chi connectivity index (χ2n) is 6.56. The van der Waals surface area contributed by atoms with Crippen LogP contribution in [0.25, 0.3) is 22.6 Å². The van der Waals surface area contributed by atoms with Gasteiger partial charge in [0.2, 0.25) is 5.91 Å². The monoisotopic (exact) mass is 351 g/mol. The third kappa shape index (κ3) is 2.94. The van der Waals surface area contributed by atoms with Gasteiger partial charge in [-0.3, -0.25) is 4.79 Å². The molecule has 0 spiro atoms. The van der Waals surface area contributed by atoms with Crippen LogP contribution in [0.15, 0.2) is 24.4 Å². The summed E-state index contributed by atoms with van der Waals surface area (Å²) in [4.78, 5) is 32.3. The minimum Gasteiger partial charge on any atom is -0.382 e. The van der Waals surface area contributed by atoms with E-state index in [1.165, 1.54) is 0 Å². The summed E-state index contributed by atoms with van der Waals surface area (Å²) in [5.74, 6) is 1.80. The third-order valence-electron chi connectivity index (χ3n) is 4.70. The highest BCUT2D eigenvalue weighted by molar-refractivity contribution is 5.81. The number of hydrogen-bond donors (Lipinski definition) is 2. The van der Waals surface area contributed by atoms with Crippen molar-refractivity contribution in [3.05, 3.63) is 30.0 Å². The number of aromatic nitrogens is 4. The van der Waals surface area contributed by atoms with Crippen molar-refractivity contribution in [3.8, 4) is 11.5 Å². The molecule has 0 radical (unpaired) electrons. The number of benzene rings is 1. The maximum atomic E-state index is 11.5. The van der Waals surface area contributed by atoms with Crippen LogP contribution < -0.4 is 10.6 Å². The first-order valence-corrected chi connectivity index (χ1v) is 8.61. The van der Waals surface area contributed by atoms with E-state index in [9.17, 15) is 4.79 Å². The van der Waals surface area contributed by atoms with Gasteiger partial charge in [0.1, 0.15) is 5.82 Å². The molecule has 1 fully saturated rings. The Kier molecular flexibility index (Phi) is 3.95. The first kappa shape index (κ1) is 16.3. The fourth-order valence-corrected chi connectivity index (χ4v) is 3.20. The summed E-state index contributed by atoms with van der Waals surface area (Å²) in [6.07, 6.45) is 1.68. The first-order valence-electron chi connectivity index (χ1n) is 8.61. The SMILES string of the molecule is CC(=O)N1CCN(c2cnc(N)c(-c3nc4ccc(C)cc4[nH]3)n2)CC1. The van der Waals surface area contributed by atoms with E-state index in [0.29, 0.717) is 30.4 Å². The van der Waals surface area contributed by atoms with Crippen molar-refractivity contribution in [2.24, 2.45) is 0 Å². The van der Waals surface area contributed by atoms with Crippen molar-refractivity contribution >= 4 is 28.6 Å². The molecule has 1 aliphatic heterocycles. The number of piperazine rings is 1. The van der Waals surface area contributed by atoms with Crippen LogP contribution in [0.2, 0.25) is 0 Å². The molecule has 1 saturated heterocycles. The Bertz CT molecular complexity index is 973. The third-order valence-corrected chi connectivity index (χ3v) is 4.70. The molecule has 3 N–H and O–H groups in total. The van der Waals surface area contributed by atoms with Crippen molar-refractivity contribution in [3.63, 3.8) is 0 Å². The van der Waals surface area contributed by atoms with E-state index in [1.54, 1.807) is 13.1 Å². The van der Waals surface area contributed by atoms with Crippen LogP contribution in [0, 0.1) is 6.92 Å². The van der Waals surface area contributed by atoms with E-state index in [1.807, 2.05) is 30.0 Å². The summed E-state index contributed by atoms with van der Waals surface area (Å²) >= 11 is 0. The number of carbonyl (C=O) groups is 1. The Morgan fingerprint density at radius 2 is 1.96 bits per heavy atom. The lowest BCUT2D eigenvalue weighted by Crippen LogP contribution is -2.48. The van der Waals surface area contributed by atoms with Crippen LogP contribution >= 0.6 is 0 Å². The molecule has 1 aliphatic rings. The van der Waals surface area contributed by atoms with Gasteiger partial charge in [0.05, 0.1) is 17.2 Å². The van der Waals surface area contributed by atoms with Crippen LogP contribution in [-0.2, 0) is 4.79 Å². The molecule has 0 saturated carbocycles. The predicted molar refractivity (Wildman–Crippen MR) is 101 cm³/mol. The van der Waals surface area contributed by atoms with Gasteiger partial charge in [-0.05, 0) is 24.6 Å². The number of imidazole rings is 1. The fraction of sp³-hybridized carbons (Fsp3) is 0.333. The van der Waals surface area contributed by atoms with Crippen molar-refractivity contribution < 1.29 is 4.79 Å². The molecule has 8 nitrogen and oxygen atoms in total. The number of nitrogens with one attached hydrogen (secondary N) is 1. The lowest BCUT2D eigenvalue weighted by molar-refractivity contribution is -0.129. The summed E-state index contributed by atoms with van der Waals surface area (Å²) in [5, 5.41) is 0. The number of hydrogen-bond acceptors (Lipinski definition) is 6. The molecule has 26 heavy (non-hydrogen) atoms. The van der Waals surface area contributed by atoms with Gasteiger partial charge in [0.25, 0.3) is 0 Å². The molecule has 0 bridgehead atoms. The van der Waals surface area contributed by atoms with E-state index in [-0.39, 0.29) is 5.91 Å². The largest absolute Gasteiger partial charge is 0.382 e. The maximum Gasteiger partial charge on any atom is 0.219 e. The van der Waals surface area contributed by atoms with Gasteiger partial charge in [-0.25, -0.2) is 15.0 Å². The minimum atomic E-state index is 0.103. The molecule has 4 rings (SSSR count). The molecule has 3 heterocycles. The average molecular weight is 351 g/mol. The van der Waals surface area contributed by atoms with E-state index < -0.39 is 0 Å². The molecule has 0 aliphatic carbocycles. The highest BCUT2D eigenvalue weighted by atomic mass is 16.2. The number of aromatic amines is 1.